The van der Waals surface area contributed by atoms with Gasteiger partial charge in [0.05, 0.1) is 6.07 Å². The third-order valence-corrected chi connectivity index (χ3v) is 5.83. The molecule has 9 heteroatoms. The Morgan fingerprint density at radius 3 is 2.69 bits per heavy atom. The van der Waals surface area contributed by atoms with Gasteiger partial charge in [-0.05, 0) is 37.5 Å². The Morgan fingerprint density at radius 2 is 1.97 bits per heavy atom. The number of nitriles is 1. The molecule has 1 aromatic rings. The van der Waals surface area contributed by atoms with Crippen molar-refractivity contribution in [1.82, 2.24) is 15.5 Å². The Kier molecular flexibility index (Phi) is 4.57. The number of imide groups is 1. The van der Waals surface area contributed by atoms with Crippen LogP contribution in [0.15, 0.2) is 18.2 Å². The summed E-state index contributed by atoms with van der Waals surface area (Å²) in [4.78, 5) is 39.0. The van der Waals surface area contributed by atoms with E-state index in [1.54, 1.807) is 25.1 Å². The van der Waals surface area contributed by atoms with Gasteiger partial charge in [0, 0.05) is 0 Å². The van der Waals surface area contributed by atoms with Crippen LogP contribution >= 0.6 is 0 Å². The molecule has 2 aliphatic heterocycles. The van der Waals surface area contributed by atoms with Crippen LogP contribution in [0, 0.1) is 11.3 Å². The predicted octanol–water partition coefficient (Wildman–Crippen LogP) is 1.52. The molecule has 1 saturated heterocycles. The summed E-state index contributed by atoms with van der Waals surface area (Å²) in [5.74, 6) is 0.00733. The largest absolute Gasteiger partial charge is 0.454 e. The highest BCUT2D eigenvalue weighted by molar-refractivity contribution is 6.09. The van der Waals surface area contributed by atoms with Gasteiger partial charge in [-0.2, -0.15) is 5.26 Å². The van der Waals surface area contributed by atoms with Crippen LogP contribution in [0.5, 0.6) is 11.5 Å². The Balaban J connectivity index is 1.49. The van der Waals surface area contributed by atoms with Crippen LogP contribution in [0.4, 0.5) is 4.79 Å². The molecule has 9 nitrogen and oxygen atoms in total. The van der Waals surface area contributed by atoms with Crippen molar-refractivity contribution in [2.45, 2.75) is 50.1 Å². The van der Waals surface area contributed by atoms with E-state index in [-0.39, 0.29) is 6.79 Å². The van der Waals surface area contributed by atoms with Crippen LogP contribution in [0.25, 0.3) is 0 Å². The van der Waals surface area contributed by atoms with Crippen molar-refractivity contribution in [3.63, 3.8) is 0 Å². The van der Waals surface area contributed by atoms with Gasteiger partial charge in [0.15, 0.2) is 11.5 Å². The van der Waals surface area contributed by atoms with Crippen LogP contribution in [0.1, 0.15) is 44.6 Å². The zero-order chi connectivity index (χ0) is 20.6. The highest BCUT2D eigenvalue weighted by Gasteiger charge is 2.50. The lowest BCUT2D eigenvalue weighted by atomic mass is 9.83. The minimum absolute atomic E-state index is 0.0999. The van der Waals surface area contributed by atoms with E-state index < -0.39 is 35.5 Å². The summed E-state index contributed by atoms with van der Waals surface area (Å²) in [6, 6.07) is 6.56. The minimum Gasteiger partial charge on any atom is -0.454 e. The second-order valence-corrected chi connectivity index (χ2v) is 7.82. The number of ether oxygens (including phenoxy) is 2. The molecule has 1 saturated carbocycles. The quantitative estimate of drug-likeness (QED) is 0.742. The molecule has 3 aliphatic rings. The van der Waals surface area contributed by atoms with Gasteiger partial charge in [0.1, 0.15) is 17.6 Å². The van der Waals surface area contributed by atoms with Gasteiger partial charge >= 0.3 is 6.03 Å². The van der Waals surface area contributed by atoms with Gasteiger partial charge in [-0.1, -0.05) is 25.3 Å². The van der Waals surface area contributed by atoms with Crippen molar-refractivity contribution in [1.29, 1.82) is 5.26 Å². The van der Waals surface area contributed by atoms with Crippen molar-refractivity contribution in [2.24, 2.45) is 0 Å². The van der Waals surface area contributed by atoms with Crippen molar-refractivity contribution in [2.75, 3.05) is 13.3 Å². The average Bonchev–Trinajstić information content (AvgIpc) is 3.27. The van der Waals surface area contributed by atoms with E-state index >= 15 is 0 Å². The van der Waals surface area contributed by atoms with E-state index in [9.17, 15) is 19.6 Å². The summed E-state index contributed by atoms with van der Waals surface area (Å²) < 4.78 is 10.6. The number of rotatable bonds is 4. The summed E-state index contributed by atoms with van der Waals surface area (Å²) in [5.41, 5.74) is -1.71. The topological polar surface area (TPSA) is 121 Å². The van der Waals surface area contributed by atoms with E-state index in [0.29, 0.717) is 29.9 Å². The molecule has 0 unspecified atom stereocenters. The molecule has 1 aliphatic carbocycles. The number of nitrogens with one attached hydrogen (secondary N) is 2. The molecular formula is C20H22N4O5. The van der Waals surface area contributed by atoms with Crippen molar-refractivity contribution < 1.29 is 23.9 Å². The predicted molar refractivity (Wildman–Crippen MR) is 99.7 cm³/mol. The first kappa shape index (κ1) is 19.1. The fraction of sp³-hybridized carbons (Fsp3) is 0.500. The standard InChI is InChI=1S/C20H22N4O5/c1-19(13-5-6-14-15(9-13)29-12-28-14)17(26)24(18(27)23-19)10-16(25)22-20(11-21)7-3-2-4-8-20/h5-6,9H,2-4,7-8,10,12H2,1H3,(H,22,25)(H,23,27)/t19-/m0/s1. The number of carbonyl (C=O) groups excluding carboxylic acids is 3. The lowest BCUT2D eigenvalue weighted by Gasteiger charge is -2.32. The van der Waals surface area contributed by atoms with Crippen LogP contribution in [0.3, 0.4) is 0 Å². The van der Waals surface area contributed by atoms with E-state index in [0.717, 1.165) is 24.2 Å². The molecule has 0 radical (unpaired) electrons. The first-order valence-electron chi connectivity index (χ1n) is 9.63. The first-order valence-corrected chi connectivity index (χ1v) is 9.63. The van der Waals surface area contributed by atoms with E-state index in [1.165, 1.54) is 0 Å². The molecule has 0 spiro atoms. The lowest BCUT2D eigenvalue weighted by molar-refractivity contribution is -0.135. The smallest absolute Gasteiger partial charge is 0.325 e. The monoisotopic (exact) mass is 398 g/mol. The Morgan fingerprint density at radius 1 is 1.24 bits per heavy atom. The fourth-order valence-electron chi connectivity index (χ4n) is 4.11. The normalized spacial score (nSPS) is 24.8. The Labute approximate surface area is 167 Å². The molecule has 0 aromatic heterocycles. The second kappa shape index (κ2) is 6.95. The van der Waals surface area contributed by atoms with Crippen molar-refractivity contribution >= 4 is 17.8 Å². The van der Waals surface area contributed by atoms with Gasteiger partial charge in [-0.3, -0.25) is 14.5 Å². The Bertz CT molecular complexity index is 918. The zero-order valence-corrected chi connectivity index (χ0v) is 16.1. The number of fused-ring (bicyclic) bond motifs is 1. The van der Waals surface area contributed by atoms with Crippen LogP contribution in [-0.2, 0) is 15.1 Å². The third-order valence-electron chi connectivity index (χ3n) is 5.83. The number of benzene rings is 1. The Hall–Kier alpha value is -3.28. The number of carbonyl (C=O) groups is 3. The van der Waals surface area contributed by atoms with Gasteiger partial charge in [-0.25, -0.2) is 4.79 Å². The zero-order valence-electron chi connectivity index (χ0n) is 16.1. The summed E-state index contributed by atoms with van der Waals surface area (Å²) in [6.45, 7) is 1.25. The molecule has 152 valence electrons. The maximum Gasteiger partial charge on any atom is 0.325 e. The molecule has 4 amide bonds. The molecule has 1 aromatic carbocycles. The molecule has 4 rings (SSSR count). The molecule has 29 heavy (non-hydrogen) atoms. The van der Waals surface area contributed by atoms with Crippen LogP contribution in [0.2, 0.25) is 0 Å². The van der Waals surface area contributed by atoms with Gasteiger partial charge in [0.2, 0.25) is 12.7 Å². The highest BCUT2D eigenvalue weighted by Crippen LogP contribution is 2.37. The SMILES string of the molecule is C[C@@]1(c2ccc3c(c2)OCO3)NC(=O)N(CC(=O)NC2(C#N)CCCCC2)C1=O. The summed E-state index contributed by atoms with van der Waals surface area (Å²) >= 11 is 0. The minimum atomic E-state index is -1.32. The lowest BCUT2D eigenvalue weighted by Crippen LogP contribution is -2.52. The summed E-state index contributed by atoms with van der Waals surface area (Å²) in [7, 11) is 0. The third kappa shape index (κ3) is 3.24. The number of amides is 4. The fourth-order valence-corrected chi connectivity index (χ4v) is 4.11. The van der Waals surface area contributed by atoms with E-state index in [4.69, 9.17) is 9.47 Å². The first-order chi connectivity index (χ1) is 13.9. The second-order valence-electron chi connectivity index (χ2n) is 7.82. The van der Waals surface area contributed by atoms with E-state index in [2.05, 4.69) is 16.7 Å². The molecule has 2 N–H and O–H groups in total. The molecule has 0 bridgehead atoms. The van der Waals surface area contributed by atoms with Crippen LogP contribution in [-0.4, -0.2) is 41.6 Å². The maximum atomic E-state index is 13.0. The number of hydrogen-bond donors (Lipinski definition) is 2. The molecule has 1 atom stereocenters. The number of hydrogen-bond acceptors (Lipinski definition) is 6. The summed E-state index contributed by atoms with van der Waals surface area (Å²) in [5, 5.41) is 14.9. The highest BCUT2D eigenvalue weighted by atomic mass is 16.7. The molecule has 2 fully saturated rings. The van der Waals surface area contributed by atoms with Crippen LogP contribution < -0.4 is 20.1 Å². The maximum absolute atomic E-state index is 13.0. The molecule has 2 heterocycles. The molecular weight excluding hydrogens is 376 g/mol. The van der Waals surface area contributed by atoms with E-state index in [1.807, 2.05) is 0 Å². The van der Waals surface area contributed by atoms with Crippen molar-refractivity contribution in [3.8, 4) is 17.6 Å². The summed E-state index contributed by atoms with van der Waals surface area (Å²) in [6.07, 6.45) is 3.90. The number of urea groups is 1. The van der Waals surface area contributed by atoms with Gasteiger partial charge in [0.25, 0.3) is 5.91 Å². The van der Waals surface area contributed by atoms with Gasteiger partial charge < -0.3 is 20.1 Å². The van der Waals surface area contributed by atoms with Gasteiger partial charge in [-0.15, -0.1) is 0 Å². The number of nitrogens with zero attached hydrogens (tertiary/aromatic N) is 2. The average molecular weight is 398 g/mol. The van der Waals surface area contributed by atoms with Crippen molar-refractivity contribution in [3.05, 3.63) is 23.8 Å².